The van der Waals surface area contributed by atoms with E-state index in [-0.39, 0.29) is 5.91 Å². The van der Waals surface area contributed by atoms with Crippen LogP contribution in [0.1, 0.15) is 71.6 Å². The Morgan fingerprint density at radius 1 is 1.05 bits per heavy atom. The summed E-state index contributed by atoms with van der Waals surface area (Å²) in [6, 6.07) is 0. The number of hydrogen-bond acceptors (Lipinski definition) is 2. The van der Waals surface area contributed by atoms with Crippen LogP contribution < -0.4 is 0 Å². The first-order valence-corrected chi connectivity index (χ1v) is 8.01. The van der Waals surface area contributed by atoms with E-state index in [4.69, 9.17) is 5.11 Å². The smallest absolute Gasteiger partial charge is 0.309 e. The van der Waals surface area contributed by atoms with E-state index in [1.807, 2.05) is 4.90 Å². The van der Waals surface area contributed by atoms with Crippen LogP contribution in [0.5, 0.6) is 0 Å². The van der Waals surface area contributed by atoms with Crippen molar-refractivity contribution in [2.45, 2.75) is 71.6 Å². The highest BCUT2D eigenvalue weighted by molar-refractivity contribution is 5.78. The van der Waals surface area contributed by atoms with Crippen LogP contribution in [0.2, 0.25) is 0 Å². The Morgan fingerprint density at radius 3 is 2.15 bits per heavy atom. The molecule has 0 aliphatic carbocycles. The van der Waals surface area contributed by atoms with Gasteiger partial charge in [0.05, 0.1) is 5.41 Å². The molecule has 1 rings (SSSR count). The summed E-state index contributed by atoms with van der Waals surface area (Å²) < 4.78 is 0. The Hall–Kier alpha value is -1.06. The highest BCUT2D eigenvalue weighted by atomic mass is 16.4. The maximum absolute atomic E-state index is 12.0. The van der Waals surface area contributed by atoms with Gasteiger partial charge in [-0.25, -0.2) is 0 Å². The number of carboxylic acids is 1. The van der Waals surface area contributed by atoms with Crippen LogP contribution in [0.25, 0.3) is 0 Å². The zero-order valence-electron chi connectivity index (χ0n) is 13.0. The van der Waals surface area contributed by atoms with Crippen LogP contribution in [0, 0.1) is 5.41 Å². The van der Waals surface area contributed by atoms with E-state index in [0.29, 0.717) is 32.4 Å². The number of aliphatic carboxylic acids is 1. The predicted octanol–water partition coefficient (Wildman–Crippen LogP) is 3.45. The van der Waals surface area contributed by atoms with Gasteiger partial charge in [0.15, 0.2) is 0 Å². The van der Waals surface area contributed by atoms with Crippen molar-refractivity contribution in [2.24, 2.45) is 5.41 Å². The van der Waals surface area contributed by atoms with Crippen LogP contribution in [0.3, 0.4) is 0 Å². The molecule has 1 aliphatic heterocycles. The number of nitrogens with zero attached hydrogens (tertiary/aromatic N) is 1. The van der Waals surface area contributed by atoms with E-state index in [1.165, 1.54) is 25.7 Å². The molecule has 0 aromatic rings. The number of amides is 1. The van der Waals surface area contributed by atoms with Crippen LogP contribution >= 0.6 is 0 Å². The van der Waals surface area contributed by atoms with E-state index in [1.54, 1.807) is 6.92 Å². The normalized spacial score (nSPS) is 18.0. The second-order valence-corrected chi connectivity index (χ2v) is 6.26. The molecular weight excluding hydrogens is 254 g/mol. The zero-order chi connectivity index (χ0) is 15.0. The molecule has 0 aromatic carbocycles. The van der Waals surface area contributed by atoms with Crippen LogP contribution in [-0.2, 0) is 9.59 Å². The molecule has 0 aromatic heterocycles. The largest absolute Gasteiger partial charge is 0.481 e. The molecule has 1 fully saturated rings. The third-order valence-electron chi connectivity index (χ3n) is 4.48. The Morgan fingerprint density at radius 2 is 1.60 bits per heavy atom. The summed E-state index contributed by atoms with van der Waals surface area (Å²) in [6.45, 7) is 5.17. The number of rotatable bonds is 8. The number of piperidine rings is 1. The van der Waals surface area contributed by atoms with Crippen molar-refractivity contribution in [3.63, 3.8) is 0 Å². The minimum atomic E-state index is -0.736. The van der Waals surface area contributed by atoms with E-state index in [0.717, 1.165) is 12.8 Å². The van der Waals surface area contributed by atoms with E-state index in [2.05, 4.69) is 6.92 Å². The van der Waals surface area contributed by atoms with Crippen molar-refractivity contribution in [1.29, 1.82) is 0 Å². The quantitative estimate of drug-likeness (QED) is 0.694. The summed E-state index contributed by atoms with van der Waals surface area (Å²) in [6.07, 6.45) is 8.89. The summed E-state index contributed by atoms with van der Waals surface area (Å²) in [5.41, 5.74) is -0.642. The third-order valence-corrected chi connectivity index (χ3v) is 4.48. The van der Waals surface area contributed by atoms with Gasteiger partial charge in [-0.2, -0.15) is 0 Å². The van der Waals surface area contributed by atoms with Crippen LogP contribution in [0.15, 0.2) is 0 Å². The van der Waals surface area contributed by atoms with E-state index < -0.39 is 11.4 Å². The third kappa shape index (κ3) is 5.14. The monoisotopic (exact) mass is 283 g/mol. The Balaban J connectivity index is 2.18. The van der Waals surface area contributed by atoms with Gasteiger partial charge >= 0.3 is 5.97 Å². The molecular formula is C16H29NO3. The molecule has 1 amide bonds. The van der Waals surface area contributed by atoms with Gasteiger partial charge < -0.3 is 10.0 Å². The summed E-state index contributed by atoms with van der Waals surface area (Å²) in [5, 5.41) is 9.16. The van der Waals surface area contributed by atoms with Gasteiger partial charge in [-0.15, -0.1) is 0 Å². The van der Waals surface area contributed by atoms with Crippen molar-refractivity contribution in [3.8, 4) is 0 Å². The molecule has 0 bridgehead atoms. The molecule has 0 atom stereocenters. The van der Waals surface area contributed by atoms with Gasteiger partial charge in [0.1, 0.15) is 0 Å². The van der Waals surface area contributed by atoms with Gasteiger partial charge in [0.25, 0.3) is 0 Å². The summed E-state index contributed by atoms with van der Waals surface area (Å²) in [5.74, 6) is -0.534. The maximum Gasteiger partial charge on any atom is 0.309 e. The molecule has 0 spiro atoms. The highest BCUT2D eigenvalue weighted by Crippen LogP contribution is 2.31. The second kappa shape index (κ2) is 8.28. The SMILES string of the molecule is CCCCCCCCC(=O)N1CCC(C)(C(=O)O)CC1. The summed E-state index contributed by atoms with van der Waals surface area (Å²) in [4.78, 5) is 25.0. The average molecular weight is 283 g/mol. The van der Waals surface area contributed by atoms with Crippen molar-refractivity contribution in [3.05, 3.63) is 0 Å². The molecule has 1 saturated heterocycles. The summed E-state index contributed by atoms with van der Waals surface area (Å²) >= 11 is 0. The minimum absolute atomic E-state index is 0.202. The number of carbonyl (C=O) groups excluding carboxylic acids is 1. The first kappa shape index (κ1) is 17.0. The molecule has 20 heavy (non-hydrogen) atoms. The van der Waals surface area contributed by atoms with Crippen LogP contribution in [-0.4, -0.2) is 35.0 Å². The van der Waals surface area contributed by atoms with E-state index in [9.17, 15) is 9.59 Å². The standard InChI is InChI=1S/C16H29NO3/c1-3-4-5-6-7-8-9-14(18)17-12-10-16(2,11-13-17)15(19)20/h3-13H2,1-2H3,(H,19,20). The average Bonchev–Trinajstić information content (AvgIpc) is 2.43. The number of unbranched alkanes of at least 4 members (excludes halogenated alkanes) is 5. The molecule has 1 N–H and O–H groups in total. The van der Waals surface area contributed by atoms with Gasteiger partial charge in [-0.05, 0) is 26.2 Å². The lowest BCUT2D eigenvalue weighted by Crippen LogP contribution is -2.45. The molecule has 0 saturated carbocycles. The first-order chi connectivity index (χ1) is 9.49. The fourth-order valence-electron chi connectivity index (χ4n) is 2.68. The fraction of sp³-hybridized carbons (Fsp3) is 0.875. The molecule has 0 unspecified atom stereocenters. The Bertz CT molecular complexity index is 320. The highest BCUT2D eigenvalue weighted by Gasteiger charge is 2.37. The summed E-state index contributed by atoms with van der Waals surface area (Å²) in [7, 11) is 0. The number of carboxylic acid groups (broad SMARTS) is 1. The van der Waals surface area contributed by atoms with Crippen molar-refractivity contribution in [2.75, 3.05) is 13.1 Å². The van der Waals surface area contributed by atoms with Crippen molar-refractivity contribution in [1.82, 2.24) is 4.90 Å². The molecule has 1 aliphatic rings. The number of likely N-dealkylation sites (tertiary alicyclic amines) is 1. The van der Waals surface area contributed by atoms with Crippen molar-refractivity contribution >= 4 is 11.9 Å². The topological polar surface area (TPSA) is 57.6 Å². The van der Waals surface area contributed by atoms with Gasteiger partial charge in [0.2, 0.25) is 5.91 Å². The second-order valence-electron chi connectivity index (χ2n) is 6.26. The minimum Gasteiger partial charge on any atom is -0.481 e. The number of carbonyl (C=O) groups is 2. The molecule has 4 nitrogen and oxygen atoms in total. The lowest BCUT2D eigenvalue weighted by atomic mass is 9.80. The maximum atomic E-state index is 12.0. The molecule has 0 radical (unpaired) electrons. The molecule has 116 valence electrons. The van der Waals surface area contributed by atoms with Gasteiger partial charge in [-0.3, -0.25) is 9.59 Å². The molecule has 1 heterocycles. The predicted molar refractivity (Wildman–Crippen MR) is 79.5 cm³/mol. The molecule has 4 heteroatoms. The fourth-order valence-corrected chi connectivity index (χ4v) is 2.68. The Kier molecular flexibility index (Phi) is 7.03. The van der Waals surface area contributed by atoms with Gasteiger partial charge in [0, 0.05) is 19.5 Å². The van der Waals surface area contributed by atoms with E-state index >= 15 is 0 Å². The lowest BCUT2D eigenvalue weighted by Gasteiger charge is -2.36. The van der Waals surface area contributed by atoms with Crippen LogP contribution in [0.4, 0.5) is 0 Å². The van der Waals surface area contributed by atoms with Gasteiger partial charge in [-0.1, -0.05) is 39.0 Å². The number of hydrogen-bond donors (Lipinski definition) is 1. The Labute approximate surface area is 122 Å². The van der Waals surface area contributed by atoms with Crippen molar-refractivity contribution < 1.29 is 14.7 Å². The lowest BCUT2D eigenvalue weighted by molar-refractivity contribution is -0.153. The first-order valence-electron chi connectivity index (χ1n) is 8.01. The zero-order valence-corrected chi connectivity index (χ0v) is 13.0.